The summed E-state index contributed by atoms with van der Waals surface area (Å²) in [6, 6.07) is 15.5. The second-order valence-electron chi connectivity index (χ2n) is 5.79. The zero-order chi connectivity index (χ0) is 17.2. The van der Waals surface area contributed by atoms with Crippen LogP contribution < -0.4 is 5.43 Å². The van der Waals surface area contributed by atoms with Crippen LogP contribution in [-0.4, -0.2) is 33.9 Å². The molecule has 0 aliphatic heterocycles. The quantitative estimate of drug-likeness (QED) is 0.610. The van der Waals surface area contributed by atoms with Gasteiger partial charge in [-0.2, -0.15) is 0 Å². The van der Waals surface area contributed by atoms with Crippen LogP contribution in [0.2, 0.25) is 0 Å². The number of imidazole rings is 1. The number of carbonyl (C=O) groups excluding carboxylic acids is 1. The van der Waals surface area contributed by atoms with Gasteiger partial charge in [0.2, 0.25) is 0 Å². The third-order valence-electron chi connectivity index (χ3n) is 4.25. The summed E-state index contributed by atoms with van der Waals surface area (Å²) in [6.45, 7) is 1.28. The lowest BCUT2D eigenvalue weighted by atomic mass is 10.2. The summed E-state index contributed by atoms with van der Waals surface area (Å²) >= 11 is 0. The van der Waals surface area contributed by atoms with Crippen LogP contribution in [0.3, 0.4) is 0 Å². The second-order valence-corrected chi connectivity index (χ2v) is 5.79. The van der Waals surface area contributed by atoms with Gasteiger partial charge >= 0.3 is 0 Å². The summed E-state index contributed by atoms with van der Waals surface area (Å²) in [5, 5.41) is 0.917. The lowest BCUT2D eigenvalue weighted by Crippen LogP contribution is -2.21. The fourth-order valence-electron chi connectivity index (χ4n) is 3.02. The molecule has 0 aliphatic carbocycles. The third-order valence-corrected chi connectivity index (χ3v) is 4.25. The van der Waals surface area contributed by atoms with E-state index in [2.05, 4.69) is 10.4 Å². The van der Waals surface area contributed by atoms with Gasteiger partial charge in [0.1, 0.15) is 6.33 Å². The van der Waals surface area contributed by atoms with Gasteiger partial charge in [-0.25, -0.2) is 9.66 Å². The Balaban J connectivity index is 1.70. The number of ether oxygens (including phenoxy) is 1. The van der Waals surface area contributed by atoms with E-state index in [1.54, 1.807) is 18.1 Å². The van der Waals surface area contributed by atoms with Crippen molar-refractivity contribution in [1.29, 1.82) is 0 Å². The highest BCUT2D eigenvalue weighted by Gasteiger charge is 2.15. The smallest absolute Gasteiger partial charge is 0.272 e. The largest absolute Gasteiger partial charge is 0.383 e. The summed E-state index contributed by atoms with van der Waals surface area (Å²) in [4.78, 5) is 17.2. The highest BCUT2D eigenvalue weighted by molar-refractivity contribution is 6.10. The number of amides is 1. The number of hydrogen-bond donors (Lipinski definition) is 1. The molecule has 1 amide bonds. The highest BCUT2D eigenvalue weighted by atomic mass is 16.5. The van der Waals surface area contributed by atoms with Gasteiger partial charge in [0.15, 0.2) is 0 Å². The van der Waals surface area contributed by atoms with E-state index in [9.17, 15) is 4.79 Å². The molecule has 2 aromatic carbocycles. The molecule has 0 bridgehead atoms. The van der Waals surface area contributed by atoms with Crippen molar-refractivity contribution >= 4 is 27.8 Å². The molecule has 6 nitrogen and oxygen atoms in total. The Morgan fingerprint density at radius 2 is 1.88 bits per heavy atom. The van der Waals surface area contributed by atoms with Crippen LogP contribution in [0.4, 0.5) is 0 Å². The minimum absolute atomic E-state index is 0.171. The normalized spacial score (nSPS) is 11.2. The van der Waals surface area contributed by atoms with Crippen molar-refractivity contribution in [3.05, 3.63) is 66.6 Å². The summed E-state index contributed by atoms with van der Waals surface area (Å²) in [5.74, 6) is -0.171. The SMILES string of the molecule is COCCn1cc(C(=O)Nn2cnc3ccccc32)c2ccccc21. The van der Waals surface area contributed by atoms with Crippen LogP contribution >= 0.6 is 0 Å². The van der Waals surface area contributed by atoms with Crippen molar-refractivity contribution in [2.24, 2.45) is 0 Å². The van der Waals surface area contributed by atoms with Gasteiger partial charge in [-0.05, 0) is 18.2 Å². The third kappa shape index (κ3) is 2.77. The van der Waals surface area contributed by atoms with Gasteiger partial charge in [-0.15, -0.1) is 0 Å². The zero-order valence-corrected chi connectivity index (χ0v) is 13.8. The maximum absolute atomic E-state index is 12.9. The number of methoxy groups -OCH3 is 1. The molecule has 4 rings (SSSR count). The Bertz CT molecular complexity index is 1050. The number of rotatable bonds is 5. The standard InChI is InChI=1S/C19H18N4O2/c1-25-11-10-22-12-15(14-6-2-4-8-17(14)22)19(24)21-23-13-20-16-7-3-5-9-18(16)23/h2-9,12-13H,10-11H2,1H3,(H,21,24). The van der Waals surface area contributed by atoms with Crippen LogP contribution in [0.1, 0.15) is 10.4 Å². The van der Waals surface area contributed by atoms with E-state index in [1.165, 1.54) is 0 Å². The van der Waals surface area contributed by atoms with Crippen LogP contribution in [0.15, 0.2) is 61.1 Å². The van der Waals surface area contributed by atoms with Crippen molar-refractivity contribution < 1.29 is 9.53 Å². The number of hydrogen-bond acceptors (Lipinski definition) is 3. The molecule has 0 spiro atoms. The van der Waals surface area contributed by atoms with E-state index in [1.807, 2.05) is 59.3 Å². The van der Waals surface area contributed by atoms with E-state index in [4.69, 9.17) is 4.74 Å². The molecule has 0 atom stereocenters. The van der Waals surface area contributed by atoms with Crippen molar-refractivity contribution in [1.82, 2.24) is 14.2 Å². The lowest BCUT2D eigenvalue weighted by molar-refractivity contribution is 0.101. The summed E-state index contributed by atoms with van der Waals surface area (Å²) in [5.41, 5.74) is 6.26. The number of fused-ring (bicyclic) bond motifs is 2. The molecule has 0 unspecified atom stereocenters. The molecular weight excluding hydrogens is 316 g/mol. The Morgan fingerprint density at radius 3 is 2.72 bits per heavy atom. The molecule has 2 aromatic heterocycles. The minimum atomic E-state index is -0.171. The highest BCUT2D eigenvalue weighted by Crippen LogP contribution is 2.22. The minimum Gasteiger partial charge on any atom is -0.383 e. The second kappa shape index (κ2) is 6.41. The van der Waals surface area contributed by atoms with Crippen LogP contribution in [-0.2, 0) is 11.3 Å². The number of para-hydroxylation sites is 3. The summed E-state index contributed by atoms with van der Waals surface area (Å²) in [6.07, 6.45) is 3.49. The first-order valence-corrected chi connectivity index (χ1v) is 8.08. The molecule has 0 saturated heterocycles. The predicted molar refractivity (Wildman–Crippen MR) is 97.2 cm³/mol. The molecule has 25 heavy (non-hydrogen) atoms. The first-order chi connectivity index (χ1) is 12.3. The van der Waals surface area contributed by atoms with E-state index in [-0.39, 0.29) is 5.91 Å². The molecule has 0 fully saturated rings. The van der Waals surface area contributed by atoms with E-state index < -0.39 is 0 Å². The Labute approximate surface area is 144 Å². The maximum atomic E-state index is 12.9. The summed E-state index contributed by atoms with van der Waals surface area (Å²) < 4.78 is 8.86. The number of nitrogens with zero attached hydrogens (tertiary/aromatic N) is 3. The topological polar surface area (TPSA) is 61.1 Å². The van der Waals surface area contributed by atoms with Crippen molar-refractivity contribution in [2.75, 3.05) is 19.1 Å². The van der Waals surface area contributed by atoms with Gasteiger partial charge in [0.05, 0.1) is 23.2 Å². The Kier molecular flexibility index (Phi) is 3.95. The van der Waals surface area contributed by atoms with E-state index >= 15 is 0 Å². The Morgan fingerprint density at radius 1 is 1.12 bits per heavy atom. The molecule has 2 heterocycles. The van der Waals surface area contributed by atoms with Gasteiger partial charge in [-0.1, -0.05) is 30.3 Å². The number of carbonyl (C=O) groups is 1. The average molecular weight is 334 g/mol. The van der Waals surface area contributed by atoms with Crippen molar-refractivity contribution in [2.45, 2.75) is 6.54 Å². The molecule has 6 heteroatoms. The number of aromatic nitrogens is 3. The van der Waals surface area contributed by atoms with Gasteiger partial charge in [-0.3, -0.25) is 10.2 Å². The molecule has 0 radical (unpaired) electrons. The van der Waals surface area contributed by atoms with Crippen molar-refractivity contribution in [3.63, 3.8) is 0 Å². The molecular formula is C19H18N4O2. The molecule has 0 saturated carbocycles. The molecule has 4 aromatic rings. The fourth-order valence-corrected chi connectivity index (χ4v) is 3.02. The first-order valence-electron chi connectivity index (χ1n) is 8.08. The van der Waals surface area contributed by atoms with Gasteiger partial charge in [0, 0.05) is 30.8 Å². The zero-order valence-electron chi connectivity index (χ0n) is 13.8. The Hall–Kier alpha value is -3.12. The fraction of sp³-hybridized carbons (Fsp3) is 0.158. The molecule has 0 aliphatic rings. The van der Waals surface area contributed by atoms with Crippen LogP contribution in [0.5, 0.6) is 0 Å². The number of benzene rings is 2. The van der Waals surface area contributed by atoms with Crippen LogP contribution in [0, 0.1) is 0 Å². The molecule has 126 valence electrons. The van der Waals surface area contributed by atoms with E-state index in [0.29, 0.717) is 18.7 Å². The first kappa shape index (κ1) is 15.4. The van der Waals surface area contributed by atoms with Crippen molar-refractivity contribution in [3.8, 4) is 0 Å². The predicted octanol–water partition coefficient (Wildman–Crippen LogP) is 3.02. The molecule has 1 N–H and O–H groups in total. The van der Waals surface area contributed by atoms with Gasteiger partial charge < -0.3 is 9.30 Å². The number of nitrogens with one attached hydrogen (secondary N) is 1. The summed E-state index contributed by atoms with van der Waals surface area (Å²) in [7, 11) is 1.67. The average Bonchev–Trinajstić information content (AvgIpc) is 3.22. The van der Waals surface area contributed by atoms with Gasteiger partial charge in [0.25, 0.3) is 5.91 Å². The van der Waals surface area contributed by atoms with Crippen LogP contribution in [0.25, 0.3) is 21.9 Å². The van der Waals surface area contributed by atoms with E-state index in [0.717, 1.165) is 21.9 Å². The lowest BCUT2D eigenvalue weighted by Gasteiger charge is -2.06. The maximum Gasteiger partial charge on any atom is 0.272 e. The monoisotopic (exact) mass is 334 g/mol.